The summed E-state index contributed by atoms with van der Waals surface area (Å²) in [6.45, 7) is 2.67. The van der Waals surface area contributed by atoms with Crippen LogP contribution in [0, 0.1) is 0 Å². The average molecular weight is 205 g/mol. The van der Waals surface area contributed by atoms with Crippen LogP contribution < -0.4 is 0 Å². The van der Waals surface area contributed by atoms with Gasteiger partial charge in [0, 0.05) is 25.6 Å². The Labute approximate surface area is 91.5 Å². The van der Waals surface area contributed by atoms with E-state index in [4.69, 9.17) is 5.11 Å². The SMILES string of the molecule is CN1CC(c2ccc(CCCO)cc2)C1. The molecule has 1 aromatic carbocycles. The Morgan fingerprint density at radius 2 is 1.93 bits per heavy atom. The van der Waals surface area contributed by atoms with E-state index in [9.17, 15) is 0 Å². The maximum atomic E-state index is 8.74. The molecule has 0 bridgehead atoms. The van der Waals surface area contributed by atoms with Gasteiger partial charge in [0.2, 0.25) is 0 Å². The topological polar surface area (TPSA) is 23.5 Å². The van der Waals surface area contributed by atoms with E-state index in [1.54, 1.807) is 0 Å². The molecule has 0 aliphatic carbocycles. The minimum Gasteiger partial charge on any atom is -0.396 e. The van der Waals surface area contributed by atoms with Crippen molar-refractivity contribution in [2.75, 3.05) is 26.7 Å². The zero-order valence-corrected chi connectivity index (χ0v) is 9.32. The van der Waals surface area contributed by atoms with Crippen LogP contribution in [0.5, 0.6) is 0 Å². The number of likely N-dealkylation sites (N-methyl/N-ethyl adjacent to an activating group) is 1. The third kappa shape index (κ3) is 2.58. The minimum absolute atomic E-state index is 0.287. The summed E-state index contributed by atoms with van der Waals surface area (Å²) in [7, 11) is 2.16. The van der Waals surface area contributed by atoms with Crippen LogP contribution in [-0.2, 0) is 6.42 Å². The molecule has 1 heterocycles. The highest BCUT2D eigenvalue weighted by atomic mass is 16.2. The quantitative estimate of drug-likeness (QED) is 0.807. The molecule has 82 valence electrons. The smallest absolute Gasteiger partial charge is 0.0434 e. The fourth-order valence-corrected chi connectivity index (χ4v) is 2.15. The lowest BCUT2D eigenvalue weighted by molar-refractivity contribution is 0.190. The third-order valence-electron chi connectivity index (χ3n) is 3.14. The molecule has 1 aliphatic heterocycles. The molecule has 1 aromatic rings. The zero-order valence-electron chi connectivity index (χ0n) is 9.32. The first-order valence-electron chi connectivity index (χ1n) is 5.68. The lowest BCUT2D eigenvalue weighted by Crippen LogP contribution is -2.41. The van der Waals surface area contributed by atoms with E-state index in [0.29, 0.717) is 0 Å². The predicted octanol–water partition coefficient (Wildman–Crippen LogP) is 1.64. The van der Waals surface area contributed by atoms with Crippen LogP contribution in [0.2, 0.25) is 0 Å². The molecule has 2 rings (SSSR count). The molecule has 0 aromatic heterocycles. The number of hydrogen-bond donors (Lipinski definition) is 1. The first-order valence-corrected chi connectivity index (χ1v) is 5.68. The molecular weight excluding hydrogens is 186 g/mol. The Balaban J connectivity index is 1.92. The Morgan fingerprint density at radius 1 is 1.27 bits per heavy atom. The standard InChI is InChI=1S/C13H19NO/c1-14-9-13(10-14)12-6-4-11(5-7-12)3-2-8-15/h4-7,13,15H,2-3,8-10H2,1H3. The Bertz CT molecular complexity index is 301. The number of hydrogen-bond acceptors (Lipinski definition) is 2. The first-order chi connectivity index (χ1) is 7.29. The minimum atomic E-state index is 0.287. The molecule has 1 saturated heterocycles. The second-order valence-electron chi connectivity index (χ2n) is 4.49. The van der Waals surface area contributed by atoms with E-state index >= 15 is 0 Å². The van der Waals surface area contributed by atoms with E-state index in [2.05, 4.69) is 36.2 Å². The highest BCUT2D eigenvalue weighted by Gasteiger charge is 2.24. The van der Waals surface area contributed by atoms with Crippen LogP contribution in [0.1, 0.15) is 23.5 Å². The molecule has 0 saturated carbocycles. The van der Waals surface area contributed by atoms with E-state index in [1.807, 2.05) is 0 Å². The van der Waals surface area contributed by atoms with Gasteiger partial charge >= 0.3 is 0 Å². The van der Waals surface area contributed by atoms with Gasteiger partial charge in [0.1, 0.15) is 0 Å². The summed E-state index contributed by atoms with van der Waals surface area (Å²) in [6, 6.07) is 8.88. The highest BCUT2D eigenvalue weighted by molar-refractivity contribution is 5.27. The summed E-state index contributed by atoms with van der Waals surface area (Å²) in [5.74, 6) is 0.738. The van der Waals surface area contributed by atoms with Crippen molar-refractivity contribution < 1.29 is 5.11 Å². The Morgan fingerprint density at radius 3 is 2.47 bits per heavy atom. The molecule has 2 nitrogen and oxygen atoms in total. The normalized spacial score (nSPS) is 17.7. The summed E-state index contributed by atoms with van der Waals surface area (Å²) in [4.78, 5) is 2.34. The van der Waals surface area contributed by atoms with Crippen LogP contribution in [0.25, 0.3) is 0 Å². The van der Waals surface area contributed by atoms with Crippen molar-refractivity contribution in [3.63, 3.8) is 0 Å². The van der Waals surface area contributed by atoms with E-state index in [1.165, 1.54) is 24.2 Å². The van der Waals surface area contributed by atoms with Crippen molar-refractivity contribution in [2.45, 2.75) is 18.8 Å². The third-order valence-corrected chi connectivity index (χ3v) is 3.14. The molecular formula is C13H19NO. The molecule has 0 atom stereocenters. The fourth-order valence-electron chi connectivity index (χ4n) is 2.15. The van der Waals surface area contributed by atoms with E-state index < -0.39 is 0 Å². The molecule has 2 heteroatoms. The van der Waals surface area contributed by atoms with Crippen molar-refractivity contribution in [1.29, 1.82) is 0 Å². The predicted molar refractivity (Wildman–Crippen MR) is 62.1 cm³/mol. The summed E-state index contributed by atoms with van der Waals surface area (Å²) < 4.78 is 0. The maximum absolute atomic E-state index is 8.74. The number of likely N-dealkylation sites (tertiary alicyclic amines) is 1. The first kappa shape index (κ1) is 10.7. The van der Waals surface area contributed by atoms with Crippen molar-refractivity contribution in [3.05, 3.63) is 35.4 Å². The monoisotopic (exact) mass is 205 g/mol. The number of aryl methyl sites for hydroxylation is 1. The molecule has 0 radical (unpaired) electrons. The van der Waals surface area contributed by atoms with Gasteiger partial charge in [-0.25, -0.2) is 0 Å². The van der Waals surface area contributed by atoms with Gasteiger partial charge in [-0.1, -0.05) is 24.3 Å². The second-order valence-corrected chi connectivity index (χ2v) is 4.49. The number of nitrogens with zero attached hydrogens (tertiary/aromatic N) is 1. The number of benzene rings is 1. The van der Waals surface area contributed by atoms with Crippen LogP contribution in [0.3, 0.4) is 0 Å². The van der Waals surface area contributed by atoms with Crippen molar-refractivity contribution in [2.24, 2.45) is 0 Å². The summed E-state index contributed by atoms with van der Waals surface area (Å²) in [5, 5.41) is 8.74. The van der Waals surface area contributed by atoms with Gasteiger partial charge in [0.05, 0.1) is 0 Å². The molecule has 0 amide bonds. The number of rotatable bonds is 4. The van der Waals surface area contributed by atoms with Gasteiger partial charge in [0.15, 0.2) is 0 Å². The van der Waals surface area contributed by atoms with E-state index in [0.717, 1.165) is 18.8 Å². The molecule has 0 spiro atoms. The summed E-state index contributed by atoms with van der Waals surface area (Å²) in [5.41, 5.74) is 2.79. The van der Waals surface area contributed by atoms with Gasteiger partial charge in [0.25, 0.3) is 0 Å². The van der Waals surface area contributed by atoms with Crippen LogP contribution in [0.4, 0.5) is 0 Å². The lowest BCUT2D eigenvalue weighted by Gasteiger charge is -2.36. The van der Waals surface area contributed by atoms with Gasteiger partial charge in [-0.2, -0.15) is 0 Å². The van der Waals surface area contributed by atoms with Crippen molar-refractivity contribution >= 4 is 0 Å². The molecule has 1 aliphatic rings. The Kier molecular flexibility index (Phi) is 3.39. The van der Waals surface area contributed by atoms with E-state index in [-0.39, 0.29) is 6.61 Å². The van der Waals surface area contributed by atoms with Gasteiger partial charge in [-0.3, -0.25) is 0 Å². The summed E-state index contributed by atoms with van der Waals surface area (Å²) in [6.07, 6.45) is 1.85. The van der Waals surface area contributed by atoms with Gasteiger partial charge < -0.3 is 10.0 Å². The molecule has 1 fully saturated rings. The van der Waals surface area contributed by atoms with Crippen LogP contribution in [-0.4, -0.2) is 36.8 Å². The van der Waals surface area contributed by atoms with Crippen molar-refractivity contribution in [3.8, 4) is 0 Å². The van der Waals surface area contributed by atoms with Crippen molar-refractivity contribution in [1.82, 2.24) is 4.90 Å². The van der Waals surface area contributed by atoms with Gasteiger partial charge in [-0.05, 0) is 31.0 Å². The lowest BCUT2D eigenvalue weighted by atomic mass is 9.91. The molecule has 1 N–H and O–H groups in total. The summed E-state index contributed by atoms with van der Waals surface area (Å²) >= 11 is 0. The zero-order chi connectivity index (χ0) is 10.7. The Hall–Kier alpha value is -0.860. The van der Waals surface area contributed by atoms with Crippen LogP contribution >= 0.6 is 0 Å². The number of aliphatic hydroxyl groups excluding tert-OH is 1. The fraction of sp³-hybridized carbons (Fsp3) is 0.538. The second kappa shape index (κ2) is 4.77. The maximum Gasteiger partial charge on any atom is 0.0434 e. The molecule has 0 unspecified atom stereocenters. The largest absolute Gasteiger partial charge is 0.396 e. The number of aliphatic hydroxyl groups is 1. The van der Waals surface area contributed by atoms with Gasteiger partial charge in [-0.15, -0.1) is 0 Å². The van der Waals surface area contributed by atoms with Crippen LogP contribution in [0.15, 0.2) is 24.3 Å². The molecule has 15 heavy (non-hydrogen) atoms. The highest BCUT2D eigenvalue weighted by Crippen LogP contribution is 2.25. The average Bonchev–Trinajstić information content (AvgIpc) is 2.23.